The molecular formula is C10H14O3. The lowest BCUT2D eigenvalue weighted by atomic mass is 10.2. The van der Waals surface area contributed by atoms with E-state index in [1.807, 2.05) is 19.1 Å². The third-order valence-corrected chi connectivity index (χ3v) is 1.58. The lowest BCUT2D eigenvalue weighted by molar-refractivity contribution is -0.0571. The van der Waals surface area contributed by atoms with Gasteiger partial charge in [-0.05, 0) is 24.6 Å². The molecule has 72 valence electrons. The third kappa shape index (κ3) is 3.92. The zero-order chi connectivity index (χ0) is 9.52. The molecule has 0 amide bonds. The molecule has 0 unspecified atom stereocenters. The fraction of sp³-hybridized carbons (Fsp3) is 0.400. The number of phenols is 1. The van der Waals surface area contributed by atoms with Crippen molar-refractivity contribution < 1.29 is 14.6 Å². The van der Waals surface area contributed by atoms with Gasteiger partial charge in [-0.15, -0.1) is 0 Å². The highest BCUT2D eigenvalue weighted by Gasteiger charge is 1.92. The van der Waals surface area contributed by atoms with Gasteiger partial charge in [-0.3, -0.25) is 0 Å². The third-order valence-electron chi connectivity index (χ3n) is 1.58. The molecule has 0 aromatic heterocycles. The Hall–Kier alpha value is -1.06. The monoisotopic (exact) mass is 182 g/mol. The van der Waals surface area contributed by atoms with Crippen molar-refractivity contribution in [2.45, 2.75) is 13.5 Å². The van der Waals surface area contributed by atoms with Crippen molar-refractivity contribution in [1.82, 2.24) is 0 Å². The Labute approximate surface area is 77.9 Å². The Kier molecular flexibility index (Phi) is 4.29. The predicted octanol–water partition coefficient (Wildman–Crippen LogP) is 1.90. The van der Waals surface area contributed by atoms with Gasteiger partial charge in [0, 0.05) is 6.61 Å². The molecule has 0 aliphatic heterocycles. The summed E-state index contributed by atoms with van der Waals surface area (Å²) in [6.45, 7) is 3.41. The molecule has 0 saturated carbocycles. The predicted molar refractivity (Wildman–Crippen MR) is 49.4 cm³/mol. The summed E-state index contributed by atoms with van der Waals surface area (Å²) in [6, 6.07) is 6.92. The quantitative estimate of drug-likeness (QED) is 0.558. The normalized spacial score (nSPS) is 10.2. The first-order chi connectivity index (χ1) is 6.33. The summed E-state index contributed by atoms with van der Waals surface area (Å²) in [6.07, 6.45) is 0. The topological polar surface area (TPSA) is 38.7 Å². The lowest BCUT2D eigenvalue weighted by Crippen LogP contribution is -1.99. The highest BCUT2D eigenvalue weighted by Crippen LogP contribution is 2.10. The van der Waals surface area contributed by atoms with Gasteiger partial charge >= 0.3 is 0 Å². The Morgan fingerprint density at radius 1 is 1.15 bits per heavy atom. The second kappa shape index (κ2) is 5.56. The molecule has 13 heavy (non-hydrogen) atoms. The van der Waals surface area contributed by atoms with Crippen molar-refractivity contribution >= 4 is 0 Å². The van der Waals surface area contributed by atoms with Crippen LogP contribution in [0.4, 0.5) is 0 Å². The average Bonchev–Trinajstić information content (AvgIpc) is 2.15. The van der Waals surface area contributed by atoms with E-state index in [0.717, 1.165) is 5.56 Å². The first-order valence-corrected chi connectivity index (χ1v) is 4.26. The summed E-state index contributed by atoms with van der Waals surface area (Å²) in [5, 5.41) is 9.00. The van der Waals surface area contributed by atoms with E-state index in [1.165, 1.54) is 0 Å². The Balaban J connectivity index is 2.25. The summed E-state index contributed by atoms with van der Waals surface area (Å²) < 4.78 is 10.2. The van der Waals surface area contributed by atoms with Crippen molar-refractivity contribution in [2.24, 2.45) is 0 Å². The van der Waals surface area contributed by atoms with Gasteiger partial charge in [0.25, 0.3) is 0 Å². The molecule has 1 rings (SSSR count). The Bertz CT molecular complexity index is 230. The van der Waals surface area contributed by atoms with Gasteiger partial charge in [0.05, 0.1) is 6.61 Å². The van der Waals surface area contributed by atoms with Crippen LogP contribution in [0.2, 0.25) is 0 Å². The molecule has 0 radical (unpaired) electrons. The molecule has 1 aromatic rings. The van der Waals surface area contributed by atoms with Crippen molar-refractivity contribution in [2.75, 3.05) is 13.4 Å². The SMILES string of the molecule is CCOCOCc1ccc(O)cc1. The molecule has 0 aliphatic rings. The smallest absolute Gasteiger partial charge is 0.147 e. The zero-order valence-corrected chi connectivity index (χ0v) is 7.69. The van der Waals surface area contributed by atoms with Gasteiger partial charge in [-0.2, -0.15) is 0 Å². The van der Waals surface area contributed by atoms with Gasteiger partial charge in [-0.1, -0.05) is 12.1 Å². The first kappa shape index (κ1) is 10.0. The summed E-state index contributed by atoms with van der Waals surface area (Å²) in [5.74, 6) is 0.272. The van der Waals surface area contributed by atoms with E-state index in [2.05, 4.69) is 0 Å². The first-order valence-electron chi connectivity index (χ1n) is 4.26. The van der Waals surface area contributed by atoms with E-state index >= 15 is 0 Å². The van der Waals surface area contributed by atoms with Crippen LogP contribution in [-0.2, 0) is 16.1 Å². The summed E-state index contributed by atoms with van der Waals surface area (Å²) in [7, 11) is 0. The number of hydrogen-bond donors (Lipinski definition) is 1. The molecular weight excluding hydrogens is 168 g/mol. The van der Waals surface area contributed by atoms with Crippen LogP contribution in [0.25, 0.3) is 0 Å². The maximum atomic E-state index is 9.00. The molecule has 3 heteroatoms. The molecule has 0 spiro atoms. The molecule has 3 nitrogen and oxygen atoms in total. The van der Waals surface area contributed by atoms with Crippen LogP contribution in [0.1, 0.15) is 12.5 Å². The molecule has 0 saturated heterocycles. The Morgan fingerprint density at radius 3 is 2.46 bits per heavy atom. The van der Waals surface area contributed by atoms with Crippen molar-refractivity contribution in [3.05, 3.63) is 29.8 Å². The maximum absolute atomic E-state index is 9.00. The van der Waals surface area contributed by atoms with Crippen molar-refractivity contribution in [1.29, 1.82) is 0 Å². The van der Waals surface area contributed by atoms with Crippen molar-refractivity contribution in [3.63, 3.8) is 0 Å². The fourth-order valence-electron chi connectivity index (χ4n) is 0.894. The maximum Gasteiger partial charge on any atom is 0.147 e. The van der Waals surface area contributed by atoms with E-state index in [9.17, 15) is 0 Å². The van der Waals surface area contributed by atoms with E-state index in [-0.39, 0.29) is 5.75 Å². The molecule has 0 aliphatic carbocycles. The largest absolute Gasteiger partial charge is 0.508 e. The van der Waals surface area contributed by atoms with E-state index in [1.54, 1.807) is 12.1 Å². The number of ether oxygens (including phenoxy) is 2. The minimum Gasteiger partial charge on any atom is -0.508 e. The summed E-state index contributed by atoms with van der Waals surface area (Å²) in [5.41, 5.74) is 1.03. The average molecular weight is 182 g/mol. The van der Waals surface area contributed by atoms with Crippen LogP contribution in [0, 0.1) is 0 Å². The molecule has 1 N–H and O–H groups in total. The van der Waals surface area contributed by atoms with Crippen LogP contribution < -0.4 is 0 Å². The summed E-state index contributed by atoms with van der Waals surface area (Å²) in [4.78, 5) is 0. The van der Waals surface area contributed by atoms with Gasteiger partial charge in [0.2, 0.25) is 0 Å². The number of hydrogen-bond acceptors (Lipinski definition) is 3. The van der Waals surface area contributed by atoms with Gasteiger partial charge in [-0.25, -0.2) is 0 Å². The number of phenolic OH excluding ortho intramolecular Hbond substituents is 1. The minimum atomic E-state index is 0.272. The second-order valence-corrected chi connectivity index (χ2v) is 2.63. The highest BCUT2D eigenvalue weighted by molar-refractivity contribution is 5.25. The Morgan fingerprint density at radius 2 is 1.85 bits per heavy atom. The van der Waals surface area contributed by atoms with Crippen molar-refractivity contribution in [3.8, 4) is 5.75 Å². The van der Waals surface area contributed by atoms with Crippen LogP contribution in [0.3, 0.4) is 0 Å². The molecule has 0 fully saturated rings. The van der Waals surface area contributed by atoms with Crippen LogP contribution >= 0.6 is 0 Å². The number of aromatic hydroxyl groups is 1. The number of benzene rings is 1. The highest BCUT2D eigenvalue weighted by atomic mass is 16.7. The minimum absolute atomic E-state index is 0.272. The zero-order valence-electron chi connectivity index (χ0n) is 7.69. The molecule has 0 bridgehead atoms. The van der Waals surface area contributed by atoms with Gasteiger partial charge < -0.3 is 14.6 Å². The molecule has 0 heterocycles. The van der Waals surface area contributed by atoms with Crippen LogP contribution in [-0.4, -0.2) is 18.5 Å². The molecule has 1 aromatic carbocycles. The number of rotatable bonds is 5. The van der Waals surface area contributed by atoms with E-state index in [0.29, 0.717) is 20.0 Å². The fourth-order valence-corrected chi connectivity index (χ4v) is 0.894. The lowest BCUT2D eigenvalue weighted by Gasteiger charge is -2.03. The second-order valence-electron chi connectivity index (χ2n) is 2.63. The van der Waals surface area contributed by atoms with Crippen LogP contribution in [0.15, 0.2) is 24.3 Å². The van der Waals surface area contributed by atoms with Gasteiger partial charge in [0.15, 0.2) is 0 Å². The molecule has 0 atom stereocenters. The van der Waals surface area contributed by atoms with E-state index < -0.39 is 0 Å². The van der Waals surface area contributed by atoms with E-state index in [4.69, 9.17) is 14.6 Å². The summed E-state index contributed by atoms with van der Waals surface area (Å²) >= 11 is 0. The standard InChI is InChI=1S/C10H14O3/c1-2-12-8-13-7-9-3-5-10(11)6-4-9/h3-6,11H,2,7-8H2,1H3. The van der Waals surface area contributed by atoms with Crippen LogP contribution in [0.5, 0.6) is 5.75 Å². The van der Waals surface area contributed by atoms with Gasteiger partial charge in [0.1, 0.15) is 12.5 Å².